The average Bonchev–Trinajstić information content (AvgIpc) is 3.18. The lowest BCUT2D eigenvalue weighted by Gasteiger charge is -2.39. The number of carbonyl (C=O) groups excluding carboxylic acids is 1. The number of oxazole rings is 1. The molecule has 174 valence electrons. The van der Waals surface area contributed by atoms with Crippen LogP contribution in [0.25, 0.3) is 11.1 Å². The number of piperazine rings is 1. The molecule has 1 atom stereocenters. The highest BCUT2D eigenvalue weighted by Crippen LogP contribution is 2.21. The van der Waals surface area contributed by atoms with Crippen LogP contribution in [0.15, 0.2) is 57.9 Å². The van der Waals surface area contributed by atoms with Gasteiger partial charge in [0.15, 0.2) is 5.58 Å². The molecule has 8 heteroatoms. The molecule has 2 saturated heterocycles. The lowest BCUT2D eigenvalue weighted by atomic mass is 9.96. The Labute approximate surface area is 193 Å². The van der Waals surface area contributed by atoms with E-state index in [4.69, 9.17) is 4.42 Å². The van der Waals surface area contributed by atoms with Gasteiger partial charge in [-0.2, -0.15) is 0 Å². The predicted octanol–water partition coefficient (Wildman–Crippen LogP) is 2.44. The fourth-order valence-corrected chi connectivity index (χ4v) is 5.10. The van der Waals surface area contributed by atoms with Gasteiger partial charge in [-0.25, -0.2) is 9.78 Å². The summed E-state index contributed by atoms with van der Waals surface area (Å²) in [6.07, 6.45) is 4.37. The van der Waals surface area contributed by atoms with Crippen LogP contribution in [0.4, 0.5) is 5.82 Å². The minimum Gasteiger partial charge on any atom is -0.408 e. The van der Waals surface area contributed by atoms with Gasteiger partial charge < -0.3 is 14.2 Å². The van der Waals surface area contributed by atoms with Crippen LogP contribution in [0, 0.1) is 5.92 Å². The van der Waals surface area contributed by atoms with Gasteiger partial charge in [-0.1, -0.05) is 18.2 Å². The summed E-state index contributed by atoms with van der Waals surface area (Å²) in [7, 11) is 0. The quantitative estimate of drug-likeness (QED) is 0.576. The lowest BCUT2D eigenvalue weighted by Crippen LogP contribution is -2.50. The molecular formula is C25H31N5O3. The third-order valence-electron chi connectivity index (χ3n) is 6.86. The molecule has 2 aliphatic rings. The Bertz CT molecular complexity index is 1130. The Morgan fingerprint density at radius 1 is 1.03 bits per heavy atom. The number of anilines is 1. The van der Waals surface area contributed by atoms with Crippen LogP contribution in [-0.4, -0.2) is 71.1 Å². The molecule has 4 heterocycles. The monoisotopic (exact) mass is 449 g/mol. The normalized spacial score (nSPS) is 19.8. The van der Waals surface area contributed by atoms with Crippen molar-refractivity contribution in [1.29, 1.82) is 0 Å². The summed E-state index contributed by atoms with van der Waals surface area (Å²) in [4.78, 5) is 36.4. The number of pyridine rings is 1. The maximum atomic E-state index is 12.9. The van der Waals surface area contributed by atoms with E-state index in [-0.39, 0.29) is 5.91 Å². The number of rotatable bonds is 6. The van der Waals surface area contributed by atoms with E-state index in [0.29, 0.717) is 24.5 Å². The maximum absolute atomic E-state index is 12.9. The van der Waals surface area contributed by atoms with Crippen LogP contribution in [0.5, 0.6) is 0 Å². The highest BCUT2D eigenvalue weighted by atomic mass is 16.4. The van der Waals surface area contributed by atoms with Gasteiger partial charge in [0.05, 0.1) is 5.52 Å². The molecule has 1 aromatic carbocycles. The Balaban J connectivity index is 1.11. The first-order valence-corrected chi connectivity index (χ1v) is 11.9. The van der Waals surface area contributed by atoms with Crippen molar-refractivity contribution in [2.45, 2.75) is 25.8 Å². The van der Waals surface area contributed by atoms with E-state index >= 15 is 0 Å². The summed E-state index contributed by atoms with van der Waals surface area (Å²) in [5.74, 6) is 1.28. The molecule has 0 N–H and O–H groups in total. The van der Waals surface area contributed by atoms with E-state index in [9.17, 15) is 9.59 Å². The summed E-state index contributed by atoms with van der Waals surface area (Å²) in [5, 5.41) is 0. The van der Waals surface area contributed by atoms with Crippen molar-refractivity contribution in [3.63, 3.8) is 0 Å². The number of aryl methyl sites for hydroxylation is 1. The number of hydrogen-bond acceptors (Lipinski definition) is 6. The summed E-state index contributed by atoms with van der Waals surface area (Å²) in [5.41, 5.74) is 1.31. The van der Waals surface area contributed by atoms with E-state index in [2.05, 4.69) is 20.9 Å². The molecule has 2 fully saturated rings. The van der Waals surface area contributed by atoms with Crippen molar-refractivity contribution >= 4 is 22.8 Å². The molecule has 5 rings (SSSR count). The lowest BCUT2D eigenvalue weighted by molar-refractivity contribution is -0.133. The van der Waals surface area contributed by atoms with Crippen LogP contribution in [0.1, 0.15) is 19.3 Å². The average molecular weight is 450 g/mol. The number of carbonyl (C=O) groups is 1. The van der Waals surface area contributed by atoms with Crippen molar-refractivity contribution in [3.8, 4) is 0 Å². The van der Waals surface area contributed by atoms with Crippen molar-refractivity contribution in [1.82, 2.24) is 19.4 Å². The molecule has 8 nitrogen and oxygen atoms in total. The minimum absolute atomic E-state index is 0.122. The second kappa shape index (κ2) is 9.79. The van der Waals surface area contributed by atoms with E-state index in [0.717, 1.165) is 70.0 Å². The molecule has 2 aliphatic heterocycles. The first-order valence-electron chi connectivity index (χ1n) is 11.9. The summed E-state index contributed by atoms with van der Waals surface area (Å²) < 4.78 is 6.85. The van der Waals surface area contributed by atoms with E-state index < -0.39 is 5.76 Å². The summed E-state index contributed by atoms with van der Waals surface area (Å²) >= 11 is 0. The van der Waals surface area contributed by atoms with Gasteiger partial charge in [0.25, 0.3) is 0 Å². The Hall–Kier alpha value is -3.13. The largest absolute Gasteiger partial charge is 0.419 e. The van der Waals surface area contributed by atoms with Gasteiger partial charge in [-0.3, -0.25) is 14.3 Å². The first-order chi connectivity index (χ1) is 16.2. The smallest absolute Gasteiger partial charge is 0.408 e. The third-order valence-corrected chi connectivity index (χ3v) is 6.86. The molecule has 1 amide bonds. The second-order valence-electron chi connectivity index (χ2n) is 9.06. The number of para-hydroxylation sites is 2. The van der Waals surface area contributed by atoms with E-state index in [1.54, 1.807) is 10.6 Å². The molecule has 33 heavy (non-hydrogen) atoms. The van der Waals surface area contributed by atoms with Gasteiger partial charge in [0.2, 0.25) is 5.91 Å². The van der Waals surface area contributed by atoms with Gasteiger partial charge in [-0.15, -0.1) is 0 Å². The summed E-state index contributed by atoms with van der Waals surface area (Å²) in [6, 6.07) is 13.4. The molecular weight excluding hydrogens is 418 g/mol. The van der Waals surface area contributed by atoms with Crippen LogP contribution in [0.2, 0.25) is 0 Å². The summed E-state index contributed by atoms with van der Waals surface area (Å²) in [6.45, 7) is 7.02. The van der Waals surface area contributed by atoms with Crippen molar-refractivity contribution < 1.29 is 9.21 Å². The zero-order valence-electron chi connectivity index (χ0n) is 18.9. The molecule has 1 unspecified atom stereocenters. The zero-order valence-corrected chi connectivity index (χ0v) is 18.9. The van der Waals surface area contributed by atoms with Crippen molar-refractivity contribution in [2.24, 2.45) is 5.92 Å². The van der Waals surface area contributed by atoms with Gasteiger partial charge in [0.1, 0.15) is 5.82 Å². The standard InChI is InChI=1S/C25H31N5O3/c31-24(10-13-30-21-7-1-2-8-22(21)33-25(30)32)29-12-5-6-20(19-29)18-27-14-16-28(17-15-27)23-9-3-4-11-26-23/h1-4,7-9,11,20H,5-6,10,12-19H2. The fraction of sp³-hybridized carbons (Fsp3) is 0.480. The molecule has 0 spiro atoms. The number of piperidine rings is 1. The van der Waals surface area contributed by atoms with Crippen LogP contribution in [-0.2, 0) is 11.3 Å². The number of hydrogen-bond donors (Lipinski definition) is 0. The minimum atomic E-state index is -0.398. The fourth-order valence-electron chi connectivity index (χ4n) is 5.10. The zero-order chi connectivity index (χ0) is 22.6. The molecule has 2 aromatic heterocycles. The number of likely N-dealkylation sites (tertiary alicyclic amines) is 1. The van der Waals surface area contributed by atoms with E-state index in [1.807, 2.05) is 41.4 Å². The molecule has 0 saturated carbocycles. The number of nitrogens with zero attached hydrogens (tertiary/aromatic N) is 5. The predicted molar refractivity (Wildman–Crippen MR) is 127 cm³/mol. The highest BCUT2D eigenvalue weighted by molar-refractivity contribution is 5.77. The van der Waals surface area contributed by atoms with Crippen LogP contribution >= 0.6 is 0 Å². The topological polar surface area (TPSA) is 74.8 Å². The van der Waals surface area contributed by atoms with Crippen molar-refractivity contribution in [3.05, 3.63) is 59.2 Å². The highest BCUT2D eigenvalue weighted by Gasteiger charge is 2.27. The first kappa shape index (κ1) is 21.7. The van der Waals surface area contributed by atoms with Gasteiger partial charge >= 0.3 is 5.76 Å². The molecule has 0 bridgehead atoms. The molecule has 0 radical (unpaired) electrons. The second-order valence-corrected chi connectivity index (χ2v) is 9.06. The van der Waals surface area contributed by atoms with Gasteiger partial charge in [-0.05, 0) is 43.0 Å². The Kier molecular flexibility index (Phi) is 6.44. The van der Waals surface area contributed by atoms with E-state index in [1.165, 1.54) is 0 Å². The maximum Gasteiger partial charge on any atom is 0.419 e. The number of amides is 1. The number of aromatic nitrogens is 2. The third kappa shape index (κ3) is 4.95. The number of benzene rings is 1. The number of fused-ring (bicyclic) bond motifs is 1. The Morgan fingerprint density at radius 2 is 1.85 bits per heavy atom. The van der Waals surface area contributed by atoms with Gasteiger partial charge in [0, 0.05) is 65.0 Å². The van der Waals surface area contributed by atoms with Crippen LogP contribution in [0.3, 0.4) is 0 Å². The van der Waals surface area contributed by atoms with Crippen LogP contribution < -0.4 is 10.7 Å². The molecule has 3 aromatic rings. The molecule has 0 aliphatic carbocycles. The Morgan fingerprint density at radius 3 is 2.67 bits per heavy atom. The van der Waals surface area contributed by atoms with Crippen molar-refractivity contribution in [2.75, 3.05) is 50.7 Å². The SMILES string of the molecule is O=C(CCn1c(=O)oc2ccccc21)N1CCCC(CN2CCN(c3ccccn3)CC2)C1.